The van der Waals surface area contributed by atoms with E-state index in [4.69, 9.17) is 0 Å². The van der Waals surface area contributed by atoms with Gasteiger partial charge in [-0.25, -0.2) is 0 Å². The first-order valence-corrected chi connectivity index (χ1v) is 9.35. The van der Waals surface area contributed by atoms with Gasteiger partial charge in [0.05, 0.1) is 13.1 Å². The van der Waals surface area contributed by atoms with Crippen LogP contribution < -0.4 is 0 Å². The quantitative estimate of drug-likeness (QED) is 0.796. The molecule has 1 fully saturated rings. The lowest BCUT2D eigenvalue weighted by Gasteiger charge is -2.33. The highest BCUT2D eigenvalue weighted by atomic mass is 32.2. The van der Waals surface area contributed by atoms with Gasteiger partial charge >= 0.3 is 10.0 Å². The van der Waals surface area contributed by atoms with Crippen LogP contribution >= 0.6 is 0 Å². The van der Waals surface area contributed by atoms with E-state index in [0.29, 0.717) is 23.7 Å². The fourth-order valence-electron chi connectivity index (χ4n) is 3.28. The summed E-state index contributed by atoms with van der Waals surface area (Å²) < 4.78 is 26.7. The van der Waals surface area contributed by atoms with Crippen LogP contribution in [0.2, 0.25) is 0 Å². The Bertz CT molecular complexity index is 802. The predicted octanol–water partition coefficient (Wildman–Crippen LogP) is 3.97. The first-order chi connectivity index (χ1) is 11.0. The lowest BCUT2D eigenvalue weighted by molar-refractivity contribution is -0.714. The Kier molecular flexibility index (Phi) is 4.13. The number of sulfonamides is 1. The Hall–Kier alpha value is -1.91. The van der Waals surface area contributed by atoms with Crippen LogP contribution in [0.25, 0.3) is 5.70 Å². The second kappa shape index (κ2) is 5.95. The molecule has 23 heavy (non-hydrogen) atoms. The van der Waals surface area contributed by atoms with Crippen LogP contribution in [0.5, 0.6) is 0 Å². The molecule has 2 aromatic carbocycles. The molecule has 1 heterocycles. The van der Waals surface area contributed by atoms with Crippen molar-refractivity contribution in [3.05, 3.63) is 72.3 Å². The maximum Gasteiger partial charge on any atom is 0.332 e. The van der Waals surface area contributed by atoms with E-state index in [9.17, 15) is 8.42 Å². The van der Waals surface area contributed by atoms with Crippen molar-refractivity contribution >= 4 is 15.7 Å². The van der Waals surface area contributed by atoms with Gasteiger partial charge in [-0.1, -0.05) is 35.9 Å². The molecule has 0 aromatic heterocycles. The molecule has 0 N–H and O–H groups in total. The van der Waals surface area contributed by atoms with Crippen molar-refractivity contribution in [1.82, 2.24) is 0 Å². The molecule has 1 saturated heterocycles. The SMILES string of the molecule is C=C(c1ccccc1)[N+]1(S(=O)(=O)c2ccc(C)cc2)CCCC1. The Morgan fingerprint density at radius 3 is 2.09 bits per heavy atom. The number of rotatable bonds is 4. The summed E-state index contributed by atoms with van der Waals surface area (Å²) in [6.07, 6.45) is 1.80. The number of likely N-dealkylation sites (tertiary alicyclic amines) is 1. The van der Waals surface area contributed by atoms with Crippen molar-refractivity contribution in [3.8, 4) is 0 Å². The maximum absolute atomic E-state index is 13.4. The van der Waals surface area contributed by atoms with Gasteiger partial charge in [-0.15, -0.1) is 0 Å². The van der Waals surface area contributed by atoms with Gasteiger partial charge in [0.15, 0.2) is 0 Å². The average Bonchev–Trinajstić information content (AvgIpc) is 3.07. The summed E-state index contributed by atoms with van der Waals surface area (Å²) in [5.41, 5.74) is 2.62. The summed E-state index contributed by atoms with van der Waals surface area (Å²) in [4.78, 5) is 0.377. The number of benzene rings is 2. The topological polar surface area (TPSA) is 34.1 Å². The van der Waals surface area contributed by atoms with Crippen molar-refractivity contribution in [3.63, 3.8) is 0 Å². The van der Waals surface area contributed by atoms with Crippen LogP contribution in [0.4, 0.5) is 0 Å². The average molecular weight is 328 g/mol. The molecule has 0 radical (unpaired) electrons. The summed E-state index contributed by atoms with van der Waals surface area (Å²) in [6, 6.07) is 16.8. The van der Waals surface area contributed by atoms with Gasteiger partial charge in [0.1, 0.15) is 10.6 Å². The maximum atomic E-state index is 13.4. The Balaban J connectivity index is 2.11. The molecule has 0 bridgehead atoms. The molecule has 3 rings (SSSR count). The third-order valence-corrected chi connectivity index (χ3v) is 7.04. The molecule has 0 saturated carbocycles. The van der Waals surface area contributed by atoms with Crippen molar-refractivity contribution in [2.45, 2.75) is 24.7 Å². The zero-order chi connectivity index (χ0) is 16.5. The Morgan fingerprint density at radius 2 is 1.52 bits per heavy atom. The van der Waals surface area contributed by atoms with Crippen LogP contribution in [0.15, 0.2) is 66.1 Å². The van der Waals surface area contributed by atoms with Crippen LogP contribution in [0, 0.1) is 6.92 Å². The first-order valence-electron chi connectivity index (χ1n) is 7.91. The summed E-state index contributed by atoms with van der Waals surface area (Å²) in [6.45, 7) is 7.31. The zero-order valence-corrected chi connectivity index (χ0v) is 14.2. The number of aryl methyl sites for hydroxylation is 1. The minimum atomic E-state index is -3.53. The standard InChI is InChI=1S/C19H22NO2S/c1-16-10-12-19(13-11-16)23(21,22)20(14-6-7-15-20)17(2)18-8-4-3-5-9-18/h3-5,8-13H,2,6-7,14-15H2,1H3/q+1. The van der Waals surface area contributed by atoms with Crippen molar-refractivity contribution in [2.24, 2.45) is 0 Å². The lowest BCUT2D eigenvalue weighted by atomic mass is 10.1. The smallest absolute Gasteiger partial charge is 0.183 e. The molecule has 1 aliphatic rings. The fourth-order valence-corrected chi connectivity index (χ4v) is 5.30. The molecule has 120 valence electrons. The van der Waals surface area contributed by atoms with Crippen LogP contribution in [0.3, 0.4) is 0 Å². The number of hydrogen-bond acceptors (Lipinski definition) is 2. The van der Waals surface area contributed by atoms with E-state index in [2.05, 4.69) is 6.58 Å². The van der Waals surface area contributed by atoms with Crippen molar-refractivity contribution < 1.29 is 12.3 Å². The van der Waals surface area contributed by atoms with E-state index in [1.807, 2.05) is 49.4 Å². The predicted molar refractivity (Wildman–Crippen MR) is 93.1 cm³/mol. The number of nitrogens with zero attached hydrogens (tertiary/aromatic N) is 1. The molecule has 3 nitrogen and oxygen atoms in total. The second-order valence-electron chi connectivity index (χ2n) is 6.14. The second-order valence-corrected chi connectivity index (χ2v) is 8.26. The minimum Gasteiger partial charge on any atom is -0.183 e. The molecule has 1 aliphatic heterocycles. The third kappa shape index (κ3) is 2.62. The van der Waals surface area contributed by atoms with E-state index >= 15 is 0 Å². The van der Waals surface area contributed by atoms with Crippen molar-refractivity contribution in [2.75, 3.05) is 13.1 Å². The normalized spacial score (nSPS) is 17.1. The molecular weight excluding hydrogens is 306 g/mol. The number of hydrogen-bond donors (Lipinski definition) is 0. The minimum absolute atomic E-state index is 0.0555. The summed E-state index contributed by atoms with van der Waals surface area (Å²) >= 11 is 0. The molecule has 2 aromatic rings. The highest BCUT2D eigenvalue weighted by Crippen LogP contribution is 2.39. The Morgan fingerprint density at radius 1 is 0.957 bits per heavy atom. The zero-order valence-electron chi connectivity index (χ0n) is 13.4. The first kappa shape index (κ1) is 16.0. The summed E-state index contributed by atoms with van der Waals surface area (Å²) in [7, 11) is -3.53. The fraction of sp³-hybridized carbons (Fsp3) is 0.263. The van der Waals surface area contributed by atoms with E-state index in [1.165, 1.54) is 0 Å². The molecule has 4 heteroatoms. The summed E-state index contributed by atoms with van der Waals surface area (Å²) in [5, 5.41) is 0. The largest absolute Gasteiger partial charge is 0.332 e. The Labute approximate surface area is 138 Å². The van der Waals surface area contributed by atoms with E-state index in [1.54, 1.807) is 12.1 Å². The highest BCUT2D eigenvalue weighted by Gasteiger charge is 2.48. The summed E-state index contributed by atoms with van der Waals surface area (Å²) in [5.74, 6) is 0. The van der Waals surface area contributed by atoms with Gasteiger partial charge in [0.25, 0.3) is 0 Å². The molecule has 0 spiro atoms. The van der Waals surface area contributed by atoms with Gasteiger partial charge in [0, 0.05) is 18.4 Å². The van der Waals surface area contributed by atoms with Gasteiger partial charge < -0.3 is 0 Å². The monoisotopic (exact) mass is 328 g/mol. The van der Waals surface area contributed by atoms with Crippen LogP contribution in [-0.4, -0.2) is 25.4 Å². The molecule has 0 unspecified atom stereocenters. The highest BCUT2D eigenvalue weighted by molar-refractivity contribution is 7.86. The molecule has 0 atom stereocenters. The van der Waals surface area contributed by atoms with Gasteiger partial charge in [-0.05, 0) is 37.8 Å². The third-order valence-electron chi connectivity index (χ3n) is 4.67. The van der Waals surface area contributed by atoms with Crippen LogP contribution in [0.1, 0.15) is 24.0 Å². The molecule has 0 amide bonds. The van der Waals surface area contributed by atoms with Crippen LogP contribution in [-0.2, 0) is 10.0 Å². The van der Waals surface area contributed by atoms with E-state index in [0.717, 1.165) is 24.0 Å². The van der Waals surface area contributed by atoms with Gasteiger partial charge in [-0.3, -0.25) is 0 Å². The molecule has 0 aliphatic carbocycles. The lowest BCUT2D eigenvalue weighted by Crippen LogP contribution is -2.48. The van der Waals surface area contributed by atoms with E-state index in [-0.39, 0.29) is 3.89 Å². The van der Waals surface area contributed by atoms with Gasteiger partial charge in [-0.2, -0.15) is 12.3 Å². The van der Waals surface area contributed by atoms with E-state index < -0.39 is 10.0 Å². The van der Waals surface area contributed by atoms with Crippen molar-refractivity contribution in [1.29, 1.82) is 0 Å². The molecular formula is C19H22NO2S+. The van der Waals surface area contributed by atoms with Gasteiger partial charge in [0.2, 0.25) is 0 Å². The number of quaternary nitrogens is 1.